The summed E-state index contributed by atoms with van der Waals surface area (Å²) in [5, 5.41) is 7.28. The van der Waals surface area contributed by atoms with E-state index < -0.39 is 0 Å². The van der Waals surface area contributed by atoms with Crippen LogP contribution in [0.1, 0.15) is 24.5 Å². The lowest BCUT2D eigenvalue weighted by Crippen LogP contribution is -2.21. The van der Waals surface area contributed by atoms with Crippen molar-refractivity contribution in [3.8, 4) is 5.75 Å². The van der Waals surface area contributed by atoms with E-state index in [1.165, 1.54) is 0 Å². The number of hydrogen-bond acceptors (Lipinski definition) is 3. The molecule has 0 bridgehead atoms. The average Bonchev–Trinajstić information content (AvgIpc) is 2.27. The fraction of sp³-hybridized carbons (Fsp3) is 0.333. The van der Waals surface area contributed by atoms with Gasteiger partial charge in [0, 0.05) is 0 Å². The molecule has 17 heavy (non-hydrogen) atoms. The van der Waals surface area contributed by atoms with Gasteiger partial charge in [0.25, 0.3) is 0 Å². The van der Waals surface area contributed by atoms with E-state index in [-0.39, 0.29) is 5.96 Å². The van der Waals surface area contributed by atoms with Crippen molar-refractivity contribution in [3.05, 3.63) is 29.3 Å². The van der Waals surface area contributed by atoms with E-state index in [0.29, 0.717) is 0 Å². The first-order valence-electron chi connectivity index (χ1n) is 5.49. The van der Waals surface area contributed by atoms with E-state index in [2.05, 4.69) is 17.1 Å². The predicted octanol–water partition coefficient (Wildman–Crippen LogP) is 1.39. The Morgan fingerprint density at radius 3 is 2.76 bits per heavy atom. The van der Waals surface area contributed by atoms with Gasteiger partial charge in [-0.2, -0.15) is 5.10 Å². The Morgan fingerprint density at radius 1 is 1.41 bits per heavy atom. The molecule has 0 aliphatic rings. The molecule has 0 aromatic heterocycles. The van der Waals surface area contributed by atoms with Crippen LogP contribution in [0.2, 0.25) is 0 Å². The van der Waals surface area contributed by atoms with E-state index in [1.54, 1.807) is 6.21 Å². The van der Waals surface area contributed by atoms with Crippen LogP contribution in [0, 0.1) is 6.92 Å². The highest BCUT2D eigenvalue weighted by Crippen LogP contribution is 2.18. The van der Waals surface area contributed by atoms with Crippen molar-refractivity contribution in [2.45, 2.75) is 20.3 Å². The van der Waals surface area contributed by atoms with Crippen molar-refractivity contribution in [2.75, 3.05) is 6.61 Å². The van der Waals surface area contributed by atoms with E-state index in [0.717, 1.165) is 29.9 Å². The van der Waals surface area contributed by atoms with Gasteiger partial charge in [-0.3, -0.25) is 0 Å². The molecule has 1 rings (SSSR count). The molecule has 0 spiro atoms. The smallest absolute Gasteiger partial charge is 0.211 e. The average molecular weight is 234 g/mol. The van der Waals surface area contributed by atoms with Crippen molar-refractivity contribution >= 4 is 12.2 Å². The van der Waals surface area contributed by atoms with Crippen LogP contribution in [0.5, 0.6) is 5.75 Å². The van der Waals surface area contributed by atoms with Gasteiger partial charge in [0.2, 0.25) is 5.96 Å². The number of benzene rings is 1. The monoisotopic (exact) mass is 234 g/mol. The third-order valence-electron chi connectivity index (χ3n) is 2.04. The highest BCUT2D eigenvalue weighted by Gasteiger charge is 1.99. The molecular formula is C12H18N4O. The fourth-order valence-corrected chi connectivity index (χ4v) is 1.29. The molecule has 0 aliphatic carbocycles. The molecule has 5 heteroatoms. The number of ether oxygens (including phenoxy) is 1. The number of nitrogens with zero attached hydrogens (tertiary/aromatic N) is 2. The number of rotatable bonds is 5. The second-order valence-electron chi connectivity index (χ2n) is 3.64. The summed E-state index contributed by atoms with van der Waals surface area (Å²) in [6.45, 7) is 4.79. The van der Waals surface area contributed by atoms with Gasteiger partial charge in [-0.15, -0.1) is 5.10 Å². The van der Waals surface area contributed by atoms with Gasteiger partial charge in [-0.05, 0) is 42.7 Å². The Kier molecular flexibility index (Phi) is 5.00. The van der Waals surface area contributed by atoms with Crippen LogP contribution in [0.25, 0.3) is 0 Å². The molecule has 0 heterocycles. The maximum atomic E-state index is 5.57. The standard InChI is InChI=1S/C12H18N4O/c1-3-6-17-11-5-4-10(7-9(11)2)8-15-16-12(13)14/h4-5,7-8H,3,6H2,1-2H3,(H4,13,14,16). The number of nitrogens with two attached hydrogens (primary N) is 2. The van der Waals surface area contributed by atoms with Crippen LogP contribution >= 0.6 is 0 Å². The summed E-state index contributed by atoms with van der Waals surface area (Å²) in [5.74, 6) is 0.840. The molecule has 0 fully saturated rings. The van der Waals surface area contributed by atoms with Gasteiger partial charge < -0.3 is 16.2 Å². The highest BCUT2D eigenvalue weighted by atomic mass is 16.5. The Bertz CT molecular complexity index is 423. The second kappa shape index (κ2) is 6.52. The van der Waals surface area contributed by atoms with Crippen LogP contribution in [-0.2, 0) is 0 Å². The SMILES string of the molecule is CCCOc1ccc(C=NN=C(N)N)cc1C. The molecule has 92 valence electrons. The summed E-state index contributed by atoms with van der Waals surface area (Å²) in [4.78, 5) is 0. The Hall–Kier alpha value is -2.04. The third kappa shape index (κ3) is 4.55. The molecule has 0 unspecified atom stereocenters. The Labute approximate surface area is 101 Å². The minimum absolute atomic E-state index is 0.0547. The fourth-order valence-electron chi connectivity index (χ4n) is 1.29. The molecule has 4 N–H and O–H groups in total. The highest BCUT2D eigenvalue weighted by molar-refractivity contribution is 5.82. The molecule has 5 nitrogen and oxygen atoms in total. The first-order valence-corrected chi connectivity index (χ1v) is 5.49. The van der Waals surface area contributed by atoms with Crippen molar-refractivity contribution in [1.29, 1.82) is 0 Å². The molecule has 0 saturated heterocycles. The minimum Gasteiger partial charge on any atom is -0.493 e. The van der Waals surface area contributed by atoms with Crippen LogP contribution in [0.15, 0.2) is 28.4 Å². The van der Waals surface area contributed by atoms with Crippen molar-refractivity contribution < 1.29 is 4.74 Å². The number of aryl methyl sites for hydroxylation is 1. The third-order valence-corrected chi connectivity index (χ3v) is 2.04. The van der Waals surface area contributed by atoms with Crippen molar-refractivity contribution in [1.82, 2.24) is 0 Å². The Morgan fingerprint density at radius 2 is 2.18 bits per heavy atom. The van der Waals surface area contributed by atoms with Crippen LogP contribution in [-0.4, -0.2) is 18.8 Å². The number of hydrogen-bond donors (Lipinski definition) is 2. The summed E-state index contributed by atoms with van der Waals surface area (Å²) in [7, 11) is 0. The molecule has 0 saturated carbocycles. The van der Waals surface area contributed by atoms with Gasteiger partial charge in [-0.25, -0.2) is 0 Å². The van der Waals surface area contributed by atoms with Crippen molar-refractivity contribution in [2.24, 2.45) is 21.7 Å². The van der Waals surface area contributed by atoms with Crippen LogP contribution < -0.4 is 16.2 Å². The van der Waals surface area contributed by atoms with Crippen LogP contribution in [0.4, 0.5) is 0 Å². The van der Waals surface area contributed by atoms with Gasteiger partial charge in [-0.1, -0.05) is 6.92 Å². The largest absolute Gasteiger partial charge is 0.493 e. The first-order chi connectivity index (χ1) is 8.13. The van der Waals surface area contributed by atoms with E-state index in [4.69, 9.17) is 16.2 Å². The molecule has 0 amide bonds. The molecular weight excluding hydrogens is 216 g/mol. The molecule has 0 atom stereocenters. The summed E-state index contributed by atoms with van der Waals surface area (Å²) in [5.41, 5.74) is 12.3. The van der Waals surface area contributed by atoms with Gasteiger partial charge in [0.05, 0.1) is 12.8 Å². The van der Waals surface area contributed by atoms with E-state index >= 15 is 0 Å². The van der Waals surface area contributed by atoms with Gasteiger partial charge in [0.1, 0.15) is 5.75 Å². The zero-order valence-corrected chi connectivity index (χ0v) is 10.2. The first kappa shape index (κ1) is 13.0. The summed E-state index contributed by atoms with van der Waals surface area (Å²) in [6, 6.07) is 5.79. The zero-order chi connectivity index (χ0) is 12.7. The lowest BCUT2D eigenvalue weighted by molar-refractivity contribution is 0.315. The maximum absolute atomic E-state index is 5.57. The molecule has 0 aliphatic heterocycles. The quantitative estimate of drug-likeness (QED) is 0.458. The molecule has 1 aromatic carbocycles. The summed E-state index contributed by atoms with van der Waals surface area (Å²) >= 11 is 0. The number of guanidine groups is 1. The van der Waals surface area contributed by atoms with Gasteiger partial charge >= 0.3 is 0 Å². The summed E-state index contributed by atoms with van der Waals surface area (Å²) in [6.07, 6.45) is 2.59. The van der Waals surface area contributed by atoms with Crippen LogP contribution in [0.3, 0.4) is 0 Å². The van der Waals surface area contributed by atoms with Gasteiger partial charge in [0.15, 0.2) is 0 Å². The lowest BCUT2D eigenvalue weighted by Gasteiger charge is -2.08. The second-order valence-corrected chi connectivity index (χ2v) is 3.64. The Balaban J connectivity index is 2.74. The maximum Gasteiger partial charge on any atom is 0.211 e. The van der Waals surface area contributed by atoms with E-state index in [9.17, 15) is 0 Å². The topological polar surface area (TPSA) is 86.0 Å². The summed E-state index contributed by atoms with van der Waals surface area (Å²) < 4.78 is 5.57. The lowest BCUT2D eigenvalue weighted by atomic mass is 10.1. The zero-order valence-electron chi connectivity index (χ0n) is 10.2. The minimum atomic E-state index is -0.0547. The molecule has 0 radical (unpaired) electrons. The van der Waals surface area contributed by atoms with E-state index in [1.807, 2.05) is 25.1 Å². The molecule has 1 aromatic rings. The van der Waals surface area contributed by atoms with Crippen molar-refractivity contribution in [3.63, 3.8) is 0 Å². The normalized spacial score (nSPS) is 10.5. The predicted molar refractivity (Wildman–Crippen MR) is 70.4 cm³/mol.